The fraction of sp³-hybridized carbons (Fsp3) is 0.314. The Morgan fingerprint density at radius 1 is 0.644 bits per heavy atom. The van der Waals surface area contributed by atoms with Crippen LogP contribution < -0.4 is 0 Å². The van der Waals surface area contributed by atoms with E-state index in [9.17, 15) is 10.2 Å². The predicted octanol–water partition coefficient (Wildman–Crippen LogP) is 8.42. The van der Waals surface area contributed by atoms with Gasteiger partial charge >= 0.3 is 0 Å². The zero-order chi connectivity index (χ0) is 31.2. The van der Waals surface area contributed by atoms with Crippen LogP contribution in [-0.4, -0.2) is 68.8 Å². The first-order valence-electron chi connectivity index (χ1n) is 15.2. The van der Waals surface area contributed by atoms with E-state index in [1.165, 1.54) is 0 Å². The number of aliphatic hydroxyl groups excluding tert-OH is 2. The fourth-order valence-corrected chi connectivity index (χ4v) is 7.61. The number of aliphatic hydroxyl groups is 2. The van der Waals surface area contributed by atoms with Crippen LogP contribution in [0.3, 0.4) is 0 Å². The lowest BCUT2D eigenvalue weighted by Crippen LogP contribution is -2.44. The summed E-state index contributed by atoms with van der Waals surface area (Å²) in [5.74, 6) is 0. The summed E-state index contributed by atoms with van der Waals surface area (Å²) in [6.07, 6.45) is 0.635. The van der Waals surface area contributed by atoms with Crippen LogP contribution in [0.15, 0.2) is 72.8 Å². The lowest BCUT2D eigenvalue weighted by atomic mass is 10.1. The van der Waals surface area contributed by atoms with Gasteiger partial charge in [-0.05, 0) is 85.6 Å². The highest BCUT2D eigenvalue weighted by Crippen LogP contribution is 2.34. The van der Waals surface area contributed by atoms with Crippen LogP contribution >= 0.6 is 46.4 Å². The van der Waals surface area contributed by atoms with Gasteiger partial charge in [0.1, 0.15) is 0 Å². The highest BCUT2D eigenvalue weighted by Gasteiger charge is 2.25. The summed E-state index contributed by atoms with van der Waals surface area (Å²) in [5.41, 5.74) is 3.92. The Kier molecular flexibility index (Phi) is 8.94. The number of halogens is 4. The SMILES string of the molecule is O[C@@H](CN(C[C@H](O)Cn1c2ccc(Cl)cc2c2cc(Cl)ccc21)C[C@H]1CCCO1)Cn1c2ccc(Cl)cc2c2cc(Cl)ccc21. The number of aromatic nitrogens is 2. The zero-order valence-corrected chi connectivity index (χ0v) is 27.5. The number of rotatable bonds is 10. The van der Waals surface area contributed by atoms with Crippen molar-refractivity contribution in [1.29, 1.82) is 0 Å². The number of ether oxygens (including phenoxy) is 1. The van der Waals surface area contributed by atoms with Gasteiger partial charge in [0.25, 0.3) is 0 Å². The first kappa shape index (κ1) is 31.1. The van der Waals surface area contributed by atoms with Crippen molar-refractivity contribution in [2.45, 2.75) is 44.2 Å². The second-order valence-corrected chi connectivity index (χ2v) is 13.8. The second kappa shape index (κ2) is 12.9. The molecule has 0 unspecified atom stereocenters. The molecule has 6 aromatic rings. The van der Waals surface area contributed by atoms with Crippen LogP contribution in [0.25, 0.3) is 43.6 Å². The molecule has 10 heteroatoms. The largest absolute Gasteiger partial charge is 0.390 e. The number of benzene rings is 4. The molecule has 3 atom stereocenters. The molecule has 0 aliphatic carbocycles. The molecule has 1 saturated heterocycles. The Morgan fingerprint density at radius 2 is 1.02 bits per heavy atom. The molecule has 0 saturated carbocycles. The van der Waals surface area contributed by atoms with Crippen molar-refractivity contribution in [1.82, 2.24) is 14.0 Å². The molecule has 4 aromatic carbocycles. The van der Waals surface area contributed by atoms with Gasteiger partial charge in [0.15, 0.2) is 0 Å². The summed E-state index contributed by atoms with van der Waals surface area (Å²) in [6, 6.07) is 23.2. The molecule has 1 fully saturated rings. The van der Waals surface area contributed by atoms with Crippen molar-refractivity contribution >= 4 is 90.0 Å². The molecule has 0 radical (unpaired) electrons. The minimum absolute atomic E-state index is 0.0689. The number of hydrogen-bond acceptors (Lipinski definition) is 4. The highest BCUT2D eigenvalue weighted by atomic mass is 35.5. The Labute approximate surface area is 281 Å². The molecule has 2 aromatic heterocycles. The van der Waals surface area contributed by atoms with Crippen LogP contribution in [0.1, 0.15) is 12.8 Å². The minimum atomic E-state index is -0.707. The zero-order valence-electron chi connectivity index (χ0n) is 24.5. The fourth-order valence-electron chi connectivity index (χ4n) is 6.92. The number of hydrogen-bond donors (Lipinski definition) is 2. The molecular formula is C35H33Cl4N3O3. The Bertz CT molecular complexity index is 1760. The number of fused-ring (bicyclic) bond motifs is 6. The molecule has 1 aliphatic heterocycles. The van der Waals surface area contributed by atoms with Crippen LogP contribution in [0.2, 0.25) is 20.1 Å². The molecule has 234 valence electrons. The lowest BCUT2D eigenvalue weighted by molar-refractivity contribution is 0.0206. The third-order valence-corrected chi connectivity index (χ3v) is 9.73. The van der Waals surface area contributed by atoms with Gasteiger partial charge in [0.2, 0.25) is 0 Å². The highest BCUT2D eigenvalue weighted by molar-refractivity contribution is 6.34. The minimum Gasteiger partial charge on any atom is -0.390 e. The van der Waals surface area contributed by atoms with E-state index >= 15 is 0 Å². The Hall–Kier alpha value is -2.52. The molecule has 45 heavy (non-hydrogen) atoms. The van der Waals surface area contributed by atoms with Crippen molar-refractivity contribution in [3.63, 3.8) is 0 Å². The lowest BCUT2D eigenvalue weighted by Gasteiger charge is -2.30. The Balaban J connectivity index is 1.14. The van der Waals surface area contributed by atoms with E-state index in [0.29, 0.717) is 52.8 Å². The average molecular weight is 685 g/mol. The van der Waals surface area contributed by atoms with Crippen molar-refractivity contribution in [2.24, 2.45) is 0 Å². The van der Waals surface area contributed by atoms with E-state index in [4.69, 9.17) is 51.1 Å². The van der Waals surface area contributed by atoms with E-state index in [1.807, 2.05) is 72.8 Å². The van der Waals surface area contributed by atoms with Crippen molar-refractivity contribution < 1.29 is 14.9 Å². The third kappa shape index (κ3) is 6.40. The summed E-state index contributed by atoms with van der Waals surface area (Å²) in [7, 11) is 0. The van der Waals surface area contributed by atoms with E-state index in [1.54, 1.807) is 0 Å². The molecule has 3 heterocycles. The van der Waals surface area contributed by atoms with E-state index in [0.717, 1.165) is 63.1 Å². The average Bonchev–Trinajstić information content (AvgIpc) is 3.69. The molecule has 1 aliphatic rings. The molecule has 0 bridgehead atoms. The molecule has 6 nitrogen and oxygen atoms in total. The van der Waals surface area contributed by atoms with Crippen molar-refractivity contribution in [3.8, 4) is 0 Å². The van der Waals surface area contributed by atoms with Gasteiger partial charge in [-0.2, -0.15) is 0 Å². The third-order valence-electron chi connectivity index (χ3n) is 8.79. The van der Waals surface area contributed by atoms with E-state index in [2.05, 4.69) is 14.0 Å². The number of nitrogens with zero attached hydrogens (tertiary/aromatic N) is 3. The molecule has 0 amide bonds. The predicted molar refractivity (Wildman–Crippen MR) is 186 cm³/mol. The van der Waals surface area contributed by atoms with Gasteiger partial charge in [-0.25, -0.2) is 0 Å². The van der Waals surface area contributed by atoms with Gasteiger partial charge in [-0.3, -0.25) is 4.90 Å². The van der Waals surface area contributed by atoms with Crippen LogP contribution in [0.5, 0.6) is 0 Å². The van der Waals surface area contributed by atoms with Gasteiger partial charge in [0.05, 0.1) is 31.4 Å². The molecule has 2 N–H and O–H groups in total. The van der Waals surface area contributed by atoms with E-state index < -0.39 is 12.2 Å². The standard InChI is InChI=1S/C35H33Cl4N3O3/c36-21-3-7-32-28(12-21)29-13-22(37)4-8-33(29)41(32)18-25(43)16-40(20-27-2-1-11-45-27)17-26(44)19-42-34-9-5-23(38)14-30(34)31-15-24(39)6-10-35(31)42/h3-10,12-15,25-27,43-44H,1-2,11,16-20H2/t25-,26-,27+/m0/s1. The monoisotopic (exact) mass is 683 g/mol. The van der Waals surface area contributed by atoms with Crippen molar-refractivity contribution in [2.75, 3.05) is 26.2 Å². The normalized spacial score (nSPS) is 17.0. The molecule has 0 spiro atoms. The first-order valence-corrected chi connectivity index (χ1v) is 16.7. The van der Waals surface area contributed by atoms with E-state index in [-0.39, 0.29) is 6.10 Å². The summed E-state index contributed by atoms with van der Waals surface area (Å²) >= 11 is 25.4. The van der Waals surface area contributed by atoms with Gasteiger partial charge in [-0.1, -0.05) is 46.4 Å². The maximum Gasteiger partial charge on any atom is 0.0846 e. The van der Waals surface area contributed by atoms with Gasteiger partial charge < -0.3 is 24.1 Å². The van der Waals surface area contributed by atoms with Crippen LogP contribution in [-0.2, 0) is 17.8 Å². The van der Waals surface area contributed by atoms with Crippen molar-refractivity contribution in [3.05, 3.63) is 92.9 Å². The quantitative estimate of drug-likeness (QED) is 0.152. The summed E-state index contributed by atoms with van der Waals surface area (Å²) in [5, 5.41) is 29.6. The smallest absolute Gasteiger partial charge is 0.0846 e. The van der Waals surface area contributed by atoms with Gasteiger partial charge in [0, 0.05) is 89.9 Å². The van der Waals surface area contributed by atoms with Crippen LogP contribution in [0, 0.1) is 0 Å². The molecular weight excluding hydrogens is 652 g/mol. The molecule has 7 rings (SSSR count). The van der Waals surface area contributed by atoms with Crippen LogP contribution in [0.4, 0.5) is 0 Å². The first-order chi connectivity index (χ1) is 21.7. The van der Waals surface area contributed by atoms with Gasteiger partial charge in [-0.15, -0.1) is 0 Å². The summed E-state index contributed by atoms with van der Waals surface area (Å²) in [6.45, 7) is 2.86. The Morgan fingerprint density at radius 3 is 1.36 bits per heavy atom. The maximum absolute atomic E-state index is 11.5. The second-order valence-electron chi connectivity index (χ2n) is 12.0. The maximum atomic E-state index is 11.5. The topological polar surface area (TPSA) is 62.8 Å². The summed E-state index contributed by atoms with van der Waals surface area (Å²) in [4.78, 5) is 2.13. The summed E-state index contributed by atoms with van der Waals surface area (Å²) < 4.78 is 10.2.